The summed E-state index contributed by atoms with van der Waals surface area (Å²) in [6.07, 6.45) is 0. The minimum atomic E-state index is -0.654. The minimum Gasteiger partial charge on any atom is -0.493 e. The van der Waals surface area contributed by atoms with Gasteiger partial charge in [0.25, 0.3) is 5.91 Å². The lowest BCUT2D eigenvalue weighted by Crippen LogP contribution is -2.33. The molecular formula is C21H17Br2NO5S. The normalized spacial score (nSPS) is 16.1. The van der Waals surface area contributed by atoms with Gasteiger partial charge in [-0.1, -0.05) is 22.0 Å². The molecule has 1 saturated heterocycles. The lowest BCUT2D eigenvalue weighted by Gasteiger charge is -2.24. The summed E-state index contributed by atoms with van der Waals surface area (Å²) < 4.78 is 17.6. The summed E-state index contributed by atoms with van der Waals surface area (Å²) in [5.41, 5.74) is 0.671. The Morgan fingerprint density at radius 2 is 1.90 bits per heavy atom. The lowest BCUT2D eigenvalue weighted by molar-refractivity contribution is 0.0756. The number of fused-ring (bicyclic) bond motifs is 1. The molecule has 0 bridgehead atoms. The topological polar surface area (TPSA) is 69.0 Å². The maximum absolute atomic E-state index is 13.3. The summed E-state index contributed by atoms with van der Waals surface area (Å²) in [7, 11) is 3.15. The number of carbonyl (C=O) groups excluding carboxylic acids is 1. The van der Waals surface area contributed by atoms with E-state index < -0.39 is 5.63 Å². The zero-order valence-electron chi connectivity index (χ0n) is 16.1. The molecule has 1 amide bonds. The van der Waals surface area contributed by atoms with Crippen molar-refractivity contribution in [1.29, 1.82) is 0 Å². The molecule has 9 heteroatoms. The molecule has 6 nitrogen and oxygen atoms in total. The standard InChI is InChI=1S/C21H17Br2NO5S/c1-27-16-4-3-11(9-17(16)28-2)20-24(5-6-30-20)19(25)14-8-12-7-13(22)10-15(23)18(12)29-21(14)26/h3-4,7-10,20H,5-6H2,1-2H3. The maximum atomic E-state index is 13.3. The number of carbonyl (C=O) groups is 1. The number of ether oxygens (including phenoxy) is 2. The quantitative estimate of drug-likeness (QED) is 0.412. The van der Waals surface area contributed by atoms with Crippen molar-refractivity contribution in [2.45, 2.75) is 5.37 Å². The van der Waals surface area contributed by atoms with Crippen LogP contribution >= 0.6 is 43.6 Å². The number of thioether (sulfide) groups is 1. The number of rotatable bonds is 4. The third kappa shape index (κ3) is 3.86. The molecule has 1 aliphatic rings. The highest BCUT2D eigenvalue weighted by Gasteiger charge is 2.33. The van der Waals surface area contributed by atoms with Gasteiger partial charge in [-0.05, 0) is 51.8 Å². The van der Waals surface area contributed by atoms with Gasteiger partial charge in [-0.25, -0.2) is 4.79 Å². The highest BCUT2D eigenvalue weighted by molar-refractivity contribution is 9.11. The maximum Gasteiger partial charge on any atom is 0.349 e. The van der Waals surface area contributed by atoms with Gasteiger partial charge < -0.3 is 18.8 Å². The van der Waals surface area contributed by atoms with E-state index in [1.165, 1.54) is 0 Å². The Morgan fingerprint density at radius 3 is 2.63 bits per heavy atom. The van der Waals surface area contributed by atoms with E-state index in [1.54, 1.807) is 43.0 Å². The summed E-state index contributed by atoms with van der Waals surface area (Å²) in [4.78, 5) is 27.6. The first kappa shape index (κ1) is 21.3. The second-order valence-electron chi connectivity index (χ2n) is 6.59. The van der Waals surface area contributed by atoms with Crippen molar-refractivity contribution in [3.05, 3.63) is 66.9 Å². The van der Waals surface area contributed by atoms with Crippen LogP contribution in [0.25, 0.3) is 11.0 Å². The smallest absolute Gasteiger partial charge is 0.349 e. The van der Waals surface area contributed by atoms with Gasteiger partial charge in [0, 0.05) is 22.2 Å². The molecule has 1 unspecified atom stereocenters. The molecule has 1 atom stereocenters. The van der Waals surface area contributed by atoms with E-state index in [1.807, 2.05) is 24.3 Å². The van der Waals surface area contributed by atoms with Crippen molar-refractivity contribution >= 4 is 60.5 Å². The first-order chi connectivity index (χ1) is 14.4. The molecule has 2 heterocycles. The summed E-state index contributed by atoms with van der Waals surface area (Å²) in [6, 6.07) is 10.8. The van der Waals surface area contributed by atoms with Crippen LogP contribution < -0.4 is 15.1 Å². The number of hydrogen-bond donors (Lipinski definition) is 0. The average molecular weight is 555 g/mol. The molecule has 0 spiro atoms. The van der Waals surface area contributed by atoms with E-state index in [9.17, 15) is 9.59 Å². The molecule has 0 aliphatic carbocycles. The van der Waals surface area contributed by atoms with Crippen LogP contribution in [0.4, 0.5) is 0 Å². The van der Waals surface area contributed by atoms with Gasteiger partial charge in [0.1, 0.15) is 10.9 Å². The van der Waals surface area contributed by atoms with Gasteiger partial charge in [0.2, 0.25) is 0 Å². The fourth-order valence-electron chi connectivity index (χ4n) is 3.42. The molecule has 1 fully saturated rings. The number of nitrogens with zero attached hydrogens (tertiary/aromatic N) is 1. The Morgan fingerprint density at radius 1 is 1.13 bits per heavy atom. The van der Waals surface area contributed by atoms with Crippen molar-refractivity contribution in [3.63, 3.8) is 0 Å². The number of amides is 1. The second-order valence-corrected chi connectivity index (χ2v) is 9.55. The van der Waals surface area contributed by atoms with Crippen LogP contribution in [-0.2, 0) is 0 Å². The largest absolute Gasteiger partial charge is 0.493 e. The fourth-order valence-corrected chi connectivity index (χ4v) is 6.01. The predicted octanol–water partition coefficient (Wildman–Crippen LogP) is 5.22. The fraction of sp³-hybridized carbons (Fsp3) is 0.238. The molecule has 0 saturated carbocycles. The van der Waals surface area contributed by atoms with Crippen LogP contribution in [0.15, 0.2) is 54.6 Å². The number of hydrogen-bond acceptors (Lipinski definition) is 6. The van der Waals surface area contributed by atoms with E-state index >= 15 is 0 Å². The van der Waals surface area contributed by atoms with Crippen molar-refractivity contribution in [2.24, 2.45) is 0 Å². The molecule has 1 aliphatic heterocycles. The number of methoxy groups -OCH3 is 2. The van der Waals surface area contributed by atoms with Gasteiger partial charge in [0.05, 0.1) is 18.7 Å². The first-order valence-electron chi connectivity index (χ1n) is 9.00. The summed E-state index contributed by atoms with van der Waals surface area (Å²) in [5, 5.41) is 0.426. The van der Waals surface area contributed by atoms with Crippen LogP contribution in [0.3, 0.4) is 0 Å². The molecule has 156 valence electrons. The van der Waals surface area contributed by atoms with E-state index in [-0.39, 0.29) is 16.8 Å². The Kier molecular flexibility index (Phi) is 6.13. The van der Waals surface area contributed by atoms with Crippen molar-refractivity contribution < 1.29 is 18.7 Å². The van der Waals surface area contributed by atoms with E-state index in [4.69, 9.17) is 13.9 Å². The minimum absolute atomic E-state index is 0.0143. The van der Waals surface area contributed by atoms with Gasteiger partial charge in [-0.15, -0.1) is 11.8 Å². The van der Waals surface area contributed by atoms with Crippen LogP contribution in [0, 0.1) is 0 Å². The van der Waals surface area contributed by atoms with Gasteiger partial charge in [0.15, 0.2) is 17.1 Å². The lowest BCUT2D eigenvalue weighted by atomic mass is 10.1. The SMILES string of the molecule is COc1ccc(C2SCCN2C(=O)c2cc3cc(Br)cc(Br)c3oc2=O)cc1OC. The zero-order valence-corrected chi connectivity index (χ0v) is 20.1. The second kappa shape index (κ2) is 8.64. The van der Waals surface area contributed by atoms with Crippen LogP contribution in [0.2, 0.25) is 0 Å². The molecule has 0 N–H and O–H groups in total. The van der Waals surface area contributed by atoms with Gasteiger partial charge >= 0.3 is 5.63 Å². The highest BCUT2D eigenvalue weighted by atomic mass is 79.9. The number of halogens is 2. The Bertz CT molecular complexity index is 1200. The Hall–Kier alpha value is -1.97. The van der Waals surface area contributed by atoms with Crippen LogP contribution in [0.1, 0.15) is 21.3 Å². The van der Waals surface area contributed by atoms with E-state index in [2.05, 4.69) is 31.9 Å². The highest BCUT2D eigenvalue weighted by Crippen LogP contribution is 2.41. The Balaban J connectivity index is 1.72. The first-order valence-corrected chi connectivity index (χ1v) is 11.6. The summed E-state index contributed by atoms with van der Waals surface area (Å²) >= 11 is 8.45. The van der Waals surface area contributed by atoms with Gasteiger partial charge in [-0.3, -0.25) is 4.79 Å². The number of benzene rings is 2. The van der Waals surface area contributed by atoms with Crippen molar-refractivity contribution in [3.8, 4) is 11.5 Å². The zero-order chi connectivity index (χ0) is 21.4. The van der Waals surface area contributed by atoms with E-state index in [0.717, 1.165) is 15.8 Å². The third-order valence-electron chi connectivity index (χ3n) is 4.83. The molecule has 0 radical (unpaired) electrons. The van der Waals surface area contributed by atoms with Crippen LogP contribution in [-0.4, -0.2) is 37.3 Å². The molecule has 4 rings (SSSR count). The van der Waals surface area contributed by atoms with Gasteiger partial charge in [-0.2, -0.15) is 0 Å². The van der Waals surface area contributed by atoms with Crippen LogP contribution in [0.5, 0.6) is 11.5 Å². The molecule has 30 heavy (non-hydrogen) atoms. The molecule has 3 aromatic rings. The monoisotopic (exact) mass is 553 g/mol. The molecular weight excluding hydrogens is 538 g/mol. The summed E-state index contributed by atoms with van der Waals surface area (Å²) in [5.74, 6) is 1.62. The van der Waals surface area contributed by atoms with Crippen molar-refractivity contribution in [1.82, 2.24) is 4.90 Å². The Labute approximate surface area is 193 Å². The van der Waals surface area contributed by atoms with Crippen molar-refractivity contribution in [2.75, 3.05) is 26.5 Å². The molecule has 1 aromatic heterocycles. The predicted molar refractivity (Wildman–Crippen MR) is 124 cm³/mol. The van der Waals surface area contributed by atoms with E-state index in [0.29, 0.717) is 33.5 Å². The average Bonchev–Trinajstić information content (AvgIpc) is 3.22. The molecule has 2 aromatic carbocycles. The summed E-state index contributed by atoms with van der Waals surface area (Å²) in [6.45, 7) is 0.530. The third-order valence-corrected chi connectivity index (χ3v) is 7.13.